The molecule has 0 saturated carbocycles. The predicted molar refractivity (Wildman–Crippen MR) is 83.9 cm³/mol. The number of ether oxygens (including phenoxy) is 1. The van der Waals surface area contributed by atoms with E-state index in [2.05, 4.69) is 20.4 Å². The molecular weight excluding hydrogens is 299 g/mol. The van der Waals surface area contributed by atoms with Gasteiger partial charge in [-0.15, -0.1) is 0 Å². The van der Waals surface area contributed by atoms with Gasteiger partial charge in [0.2, 0.25) is 0 Å². The number of anilines is 1. The summed E-state index contributed by atoms with van der Waals surface area (Å²) in [6.07, 6.45) is 1.93. The second-order valence-electron chi connectivity index (χ2n) is 5.13. The third-order valence-corrected chi connectivity index (χ3v) is 3.53. The van der Waals surface area contributed by atoms with E-state index < -0.39 is 0 Å². The highest BCUT2D eigenvalue weighted by Crippen LogP contribution is 2.23. The molecule has 2 aromatic heterocycles. The van der Waals surface area contributed by atoms with Crippen molar-refractivity contribution in [2.24, 2.45) is 0 Å². The van der Waals surface area contributed by atoms with Gasteiger partial charge in [-0.1, -0.05) is 24.2 Å². The molecule has 3 aromatic rings. The van der Waals surface area contributed by atoms with Crippen LogP contribution in [0.3, 0.4) is 0 Å². The van der Waals surface area contributed by atoms with E-state index in [1.165, 1.54) is 12.4 Å². The van der Waals surface area contributed by atoms with Crippen molar-refractivity contribution in [3.8, 4) is 5.75 Å². The van der Waals surface area contributed by atoms with E-state index in [1.807, 2.05) is 13.8 Å². The van der Waals surface area contributed by atoms with Gasteiger partial charge in [-0.25, -0.2) is 9.37 Å². The van der Waals surface area contributed by atoms with E-state index >= 15 is 0 Å². The molecule has 6 nitrogen and oxygen atoms in total. The van der Waals surface area contributed by atoms with Crippen molar-refractivity contribution in [3.05, 3.63) is 42.1 Å². The molecule has 0 amide bonds. The Hall–Kier alpha value is -2.70. The topological polar surface area (TPSA) is 73.1 Å². The lowest BCUT2D eigenvalue weighted by atomic mass is 10.2. The van der Waals surface area contributed by atoms with Gasteiger partial charge in [0.1, 0.15) is 23.6 Å². The summed E-state index contributed by atoms with van der Waals surface area (Å²) in [5.74, 6) is 0.504. The minimum absolute atomic E-state index is 0.197. The standard InChI is InChI=1S/C16H17FN4O2/c1-3-11(22-13-7-5-4-6-12(13)17)8-18-15-14-10(2)21-23-16(14)20-9-19-15/h4-7,9,11H,3,8H2,1-2H3,(H,18,19,20). The Balaban J connectivity index is 1.72. The first-order valence-electron chi connectivity index (χ1n) is 7.41. The summed E-state index contributed by atoms with van der Waals surface area (Å²) in [7, 11) is 0. The minimum atomic E-state index is -0.370. The average Bonchev–Trinajstić information content (AvgIpc) is 2.95. The normalized spacial score (nSPS) is 12.3. The number of para-hydroxylation sites is 1. The number of nitrogens with one attached hydrogen (secondary N) is 1. The summed E-state index contributed by atoms with van der Waals surface area (Å²) in [4.78, 5) is 8.25. The Morgan fingerprint density at radius 1 is 1.30 bits per heavy atom. The Morgan fingerprint density at radius 3 is 2.91 bits per heavy atom. The first kappa shape index (κ1) is 15.2. The lowest BCUT2D eigenvalue weighted by Crippen LogP contribution is -2.26. The maximum absolute atomic E-state index is 13.7. The van der Waals surface area contributed by atoms with Gasteiger partial charge >= 0.3 is 0 Å². The molecular formula is C16H17FN4O2. The first-order chi connectivity index (χ1) is 11.2. The van der Waals surface area contributed by atoms with Crippen LogP contribution in [0.2, 0.25) is 0 Å². The maximum Gasteiger partial charge on any atom is 0.263 e. The number of benzene rings is 1. The van der Waals surface area contributed by atoms with Crippen LogP contribution < -0.4 is 10.1 Å². The van der Waals surface area contributed by atoms with Crippen LogP contribution in [-0.2, 0) is 0 Å². The van der Waals surface area contributed by atoms with Crippen molar-refractivity contribution in [2.45, 2.75) is 26.4 Å². The lowest BCUT2D eigenvalue weighted by Gasteiger charge is -2.19. The van der Waals surface area contributed by atoms with E-state index in [0.29, 0.717) is 23.8 Å². The summed E-state index contributed by atoms with van der Waals surface area (Å²) >= 11 is 0. The molecule has 0 fully saturated rings. The smallest absolute Gasteiger partial charge is 0.263 e. The van der Waals surface area contributed by atoms with Crippen LogP contribution in [0, 0.1) is 12.7 Å². The van der Waals surface area contributed by atoms with Crippen molar-refractivity contribution in [1.29, 1.82) is 0 Å². The molecule has 1 atom stereocenters. The molecule has 0 aliphatic rings. The van der Waals surface area contributed by atoms with Gasteiger partial charge in [-0.3, -0.25) is 0 Å². The van der Waals surface area contributed by atoms with Crippen molar-refractivity contribution >= 4 is 16.9 Å². The number of aromatic nitrogens is 3. The summed E-state index contributed by atoms with van der Waals surface area (Å²) in [6, 6.07) is 6.37. The fraction of sp³-hybridized carbons (Fsp3) is 0.312. The summed E-state index contributed by atoms with van der Waals surface area (Å²) in [6.45, 7) is 4.28. The quantitative estimate of drug-likeness (QED) is 0.752. The molecule has 0 aliphatic carbocycles. The Morgan fingerprint density at radius 2 is 2.13 bits per heavy atom. The van der Waals surface area contributed by atoms with E-state index in [-0.39, 0.29) is 17.7 Å². The minimum Gasteiger partial charge on any atom is -0.486 e. The van der Waals surface area contributed by atoms with Gasteiger partial charge in [0, 0.05) is 0 Å². The third kappa shape index (κ3) is 3.23. The average molecular weight is 316 g/mol. The highest BCUT2D eigenvalue weighted by Gasteiger charge is 2.15. The van der Waals surface area contributed by atoms with Crippen LogP contribution >= 0.6 is 0 Å². The van der Waals surface area contributed by atoms with E-state index in [1.54, 1.807) is 18.2 Å². The largest absolute Gasteiger partial charge is 0.486 e. The van der Waals surface area contributed by atoms with Crippen molar-refractivity contribution in [3.63, 3.8) is 0 Å². The maximum atomic E-state index is 13.7. The summed E-state index contributed by atoms with van der Waals surface area (Å²) in [5, 5.41) is 7.84. The molecule has 2 heterocycles. The zero-order valence-corrected chi connectivity index (χ0v) is 12.9. The van der Waals surface area contributed by atoms with Crippen LogP contribution in [0.4, 0.5) is 10.2 Å². The molecule has 0 bridgehead atoms. The van der Waals surface area contributed by atoms with E-state index in [9.17, 15) is 4.39 Å². The van der Waals surface area contributed by atoms with Crippen LogP contribution in [0.1, 0.15) is 19.0 Å². The van der Waals surface area contributed by atoms with Crippen LogP contribution in [0.5, 0.6) is 5.75 Å². The van der Waals surface area contributed by atoms with Crippen molar-refractivity contribution in [2.75, 3.05) is 11.9 Å². The van der Waals surface area contributed by atoms with Crippen LogP contribution in [0.15, 0.2) is 35.1 Å². The second-order valence-corrected chi connectivity index (χ2v) is 5.13. The van der Waals surface area contributed by atoms with Gasteiger partial charge in [0.25, 0.3) is 5.71 Å². The predicted octanol–water partition coefficient (Wildman–Crippen LogP) is 3.33. The van der Waals surface area contributed by atoms with Crippen LogP contribution in [-0.4, -0.2) is 27.8 Å². The second kappa shape index (κ2) is 6.60. The van der Waals surface area contributed by atoms with E-state index in [4.69, 9.17) is 9.26 Å². The third-order valence-electron chi connectivity index (χ3n) is 3.53. The fourth-order valence-electron chi connectivity index (χ4n) is 2.26. The Labute approximate surface area is 132 Å². The van der Waals surface area contributed by atoms with Crippen molar-refractivity contribution < 1.29 is 13.7 Å². The van der Waals surface area contributed by atoms with E-state index in [0.717, 1.165) is 11.8 Å². The van der Waals surface area contributed by atoms with Gasteiger partial charge in [-0.2, -0.15) is 4.98 Å². The van der Waals surface area contributed by atoms with Gasteiger partial charge in [-0.05, 0) is 25.5 Å². The molecule has 1 N–H and O–H groups in total. The molecule has 0 aliphatic heterocycles. The number of nitrogens with zero attached hydrogens (tertiary/aromatic N) is 3. The van der Waals surface area contributed by atoms with Crippen molar-refractivity contribution in [1.82, 2.24) is 15.1 Å². The fourth-order valence-corrected chi connectivity index (χ4v) is 2.26. The lowest BCUT2D eigenvalue weighted by molar-refractivity contribution is 0.201. The molecule has 120 valence electrons. The number of fused-ring (bicyclic) bond motifs is 1. The summed E-state index contributed by atoms with van der Waals surface area (Å²) in [5.41, 5.74) is 1.15. The molecule has 7 heteroatoms. The number of hydrogen-bond donors (Lipinski definition) is 1. The van der Waals surface area contributed by atoms with Gasteiger partial charge in [0.05, 0.1) is 12.2 Å². The Kier molecular flexibility index (Phi) is 4.36. The van der Waals surface area contributed by atoms with Gasteiger partial charge in [0.15, 0.2) is 11.6 Å². The molecule has 3 rings (SSSR count). The highest BCUT2D eigenvalue weighted by molar-refractivity contribution is 5.87. The summed E-state index contributed by atoms with van der Waals surface area (Å²) < 4.78 is 24.5. The molecule has 0 radical (unpaired) electrons. The SMILES string of the molecule is CCC(CNc1ncnc2onc(C)c12)Oc1ccccc1F. The van der Waals surface area contributed by atoms with Gasteiger partial charge < -0.3 is 14.6 Å². The van der Waals surface area contributed by atoms with Crippen LogP contribution in [0.25, 0.3) is 11.1 Å². The molecule has 23 heavy (non-hydrogen) atoms. The monoisotopic (exact) mass is 316 g/mol. The Bertz CT molecular complexity index is 806. The molecule has 0 saturated heterocycles. The number of hydrogen-bond acceptors (Lipinski definition) is 6. The molecule has 1 unspecified atom stereocenters. The first-order valence-corrected chi connectivity index (χ1v) is 7.41. The molecule has 0 spiro atoms. The molecule has 1 aromatic carbocycles. The highest BCUT2D eigenvalue weighted by atomic mass is 19.1. The number of aryl methyl sites for hydroxylation is 1. The zero-order valence-electron chi connectivity index (χ0n) is 12.9. The zero-order chi connectivity index (χ0) is 16.2. The number of halogens is 1. The number of rotatable bonds is 6.